The van der Waals surface area contributed by atoms with Crippen LogP contribution in [0, 0.1) is 0 Å². The molecule has 0 amide bonds. The second kappa shape index (κ2) is 5.21. The van der Waals surface area contributed by atoms with Gasteiger partial charge in [-0.1, -0.05) is 24.3 Å². The molecule has 0 saturated heterocycles. The number of anilines is 1. The van der Waals surface area contributed by atoms with Crippen LogP contribution >= 0.6 is 0 Å². The van der Waals surface area contributed by atoms with Crippen molar-refractivity contribution in [2.45, 2.75) is 25.4 Å². The molecule has 4 rings (SSSR count). The van der Waals surface area contributed by atoms with Gasteiger partial charge >= 0.3 is 0 Å². The minimum absolute atomic E-state index is 0.0527. The summed E-state index contributed by atoms with van der Waals surface area (Å²) in [5.41, 5.74) is 10.3. The third-order valence-electron chi connectivity index (χ3n) is 4.57. The Morgan fingerprint density at radius 2 is 2.00 bits per heavy atom. The van der Waals surface area contributed by atoms with Crippen LogP contribution < -0.4 is 20.1 Å². The highest BCUT2D eigenvalue weighted by Crippen LogP contribution is 2.36. The van der Waals surface area contributed by atoms with Gasteiger partial charge in [0.1, 0.15) is 0 Å². The molecule has 0 aromatic heterocycles. The Morgan fingerprint density at radius 3 is 2.91 bits per heavy atom. The fourth-order valence-electron chi connectivity index (χ4n) is 3.37. The van der Waals surface area contributed by atoms with Gasteiger partial charge < -0.3 is 20.1 Å². The number of ether oxygens (including phenoxy) is 2. The normalized spacial score (nSPS) is 20.1. The van der Waals surface area contributed by atoms with E-state index in [9.17, 15) is 0 Å². The molecule has 2 unspecified atom stereocenters. The highest BCUT2D eigenvalue weighted by Gasteiger charge is 2.27. The summed E-state index contributed by atoms with van der Waals surface area (Å²) in [4.78, 5) is 2.41. The second-order valence-corrected chi connectivity index (χ2v) is 6.05. The van der Waals surface area contributed by atoms with Gasteiger partial charge in [0.2, 0.25) is 6.79 Å². The van der Waals surface area contributed by atoms with Crippen LogP contribution in [0.15, 0.2) is 42.5 Å². The number of hydrogen-bond acceptors (Lipinski definition) is 4. The van der Waals surface area contributed by atoms with Crippen molar-refractivity contribution in [2.75, 3.05) is 18.2 Å². The molecule has 0 bridgehead atoms. The number of para-hydroxylation sites is 1. The van der Waals surface area contributed by atoms with E-state index in [1.54, 1.807) is 0 Å². The highest BCUT2D eigenvalue weighted by atomic mass is 16.7. The molecule has 22 heavy (non-hydrogen) atoms. The van der Waals surface area contributed by atoms with Crippen LogP contribution in [0.1, 0.15) is 24.1 Å². The van der Waals surface area contributed by atoms with Crippen LogP contribution in [-0.2, 0) is 6.42 Å². The Bertz CT molecular complexity index is 701. The van der Waals surface area contributed by atoms with E-state index < -0.39 is 0 Å². The monoisotopic (exact) mass is 296 g/mol. The molecular formula is C18H20N2O2. The summed E-state index contributed by atoms with van der Waals surface area (Å²) < 4.78 is 10.8. The first-order chi connectivity index (χ1) is 10.7. The second-order valence-electron chi connectivity index (χ2n) is 6.05. The maximum Gasteiger partial charge on any atom is 0.231 e. The van der Waals surface area contributed by atoms with E-state index in [0.717, 1.165) is 30.0 Å². The van der Waals surface area contributed by atoms with Crippen molar-refractivity contribution in [3.63, 3.8) is 0 Å². The van der Waals surface area contributed by atoms with Gasteiger partial charge in [0.25, 0.3) is 0 Å². The lowest BCUT2D eigenvalue weighted by Crippen LogP contribution is -2.36. The molecule has 0 radical (unpaired) electrons. The van der Waals surface area contributed by atoms with Crippen LogP contribution in [0.4, 0.5) is 5.69 Å². The first-order valence-electron chi connectivity index (χ1n) is 7.72. The van der Waals surface area contributed by atoms with Crippen molar-refractivity contribution in [2.24, 2.45) is 5.73 Å². The highest BCUT2D eigenvalue weighted by molar-refractivity contribution is 5.59. The van der Waals surface area contributed by atoms with Crippen molar-refractivity contribution >= 4 is 5.69 Å². The molecule has 0 aliphatic carbocycles. The molecule has 114 valence electrons. The van der Waals surface area contributed by atoms with Gasteiger partial charge in [-0.05, 0) is 42.7 Å². The largest absolute Gasteiger partial charge is 0.454 e. The fourth-order valence-corrected chi connectivity index (χ4v) is 3.37. The number of nitrogens with two attached hydrogens (primary N) is 1. The number of fused-ring (bicyclic) bond motifs is 2. The van der Waals surface area contributed by atoms with E-state index >= 15 is 0 Å². The summed E-state index contributed by atoms with van der Waals surface area (Å²) in [6.45, 7) is 3.36. The zero-order valence-corrected chi connectivity index (χ0v) is 12.7. The van der Waals surface area contributed by atoms with Crippen molar-refractivity contribution in [1.82, 2.24) is 0 Å². The number of nitrogens with zero attached hydrogens (tertiary/aromatic N) is 1. The lowest BCUT2D eigenvalue weighted by atomic mass is 10.1. The minimum Gasteiger partial charge on any atom is -0.454 e. The first kappa shape index (κ1) is 13.5. The lowest BCUT2D eigenvalue weighted by Gasteiger charge is -2.28. The van der Waals surface area contributed by atoms with Crippen LogP contribution in [0.5, 0.6) is 11.5 Å². The average Bonchev–Trinajstić information content (AvgIpc) is 3.11. The van der Waals surface area contributed by atoms with E-state index in [2.05, 4.69) is 36.1 Å². The Kier molecular flexibility index (Phi) is 3.19. The van der Waals surface area contributed by atoms with Gasteiger partial charge in [0.15, 0.2) is 11.5 Å². The van der Waals surface area contributed by atoms with Crippen LogP contribution in [0.3, 0.4) is 0 Å². The van der Waals surface area contributed by atoms with E-state index in [4.69, 9.17) is 15.2 Å². The molecule has 4 heteroatoms. The Hall–Kier alpha value is -2.20. The standard InChI is InChI=1S/C18H20N2O2/c1-12-8-14-4-2-3-5-16(14)20(12)10-15(19)13-6-7-17-18(9-13)22-11-21-17/h2-7,9,12,15H,8,10-11,19H2,1H3. The van der Waals surface area contributed by atoms with E-state index in [0.29, 0.717) is 12.8 Å². The molecule has 0 saturated carbocycles. The predicted molar refractivity (Wildman–Crippen MR) is 86.4 cm³/mol. The quantitative estimate of drug-likeness (QED) is 0.946. The fraction of sp³-hybridized carbons (Fsp3) is 0.333. The van der Waals surface area contributed by atoms with Crippen LogP contribution in [-0.4, -0.2) is 19.4 Å². The van der Waals surface area contributed by atoms with Gasteiger partial charge in [0, 0.05) is 24.3 Å². The summed E-state index contributed by atoms with van der Waals surface area (Å²) in [5.74, 6) is 1.60. The molecule has 0 spiro atoms. The first-order valence-corrected chi connectivity index (χ1v) is 7.72. The van der Waals surface area contributed by atoms with Crippen LogP contribution in [0.25, 0.3) is 0 Å². The van der Waals surface area contributed by atoms with Crippen molar-refractivity contribution in [3.8, 4) is 11.5 Å². The molecule has 4 nitrogen and oxygen atoms in total. The van der Waals surface area contributed by atoms with Crippen molar-refractivity contribution in [1.29, 1.82) is 0 Å². The Balaban J connectivity index is 1.56. The summed E-state index contributed by atoms with van der Waals surface area (Å²) in [5, 5.41) is 0. The molecule has 2 N–H and O–H groups in total. The van der Waals surface area contributed by atoms with Gasteiger partial charge in [-0.15, -0.1) is 0 Å². The summed E-state index contributed by atoms with van der Waals surface area (Å²) in [6, 6.07) is 15.0. The number of rotatable bonds is 3. The van der Waals surface area contributed by atoms with E-state index in [1.807, 2.05) is 18.2 Å². The Morgan fingerprint density at radius 1 is 1.18 bits per heavy atom. The molecule has 2 aromatic rings. The molecular weight excluding hydrogens is 276 g/mol. The maximum absolute atomic E-state index is 6.45. The topological polar surface area (TPSA) is 47.7 Å². The number of benzene rings is 2. The van der Waals surface area contributed by atoms with Gasteiger partial charge in [0.05, 0.1) is 0 Å². The smallest absolute Gasteiger partial charge is 0.231 e. The van der Waals surface area contributed by atoms with Crippen molar-refractivity contribution in [3.05, 3.63) is 53.6 Å². The summed E-state index contributed by atoms with van der Waals surface area (Å²) in [7, 11) is 0. The van der Waals surface area contributed by atoms with E-state index in [1.165, 1.54) is 11.3 Å². The average molecular weight is 296 g/mol. The maximum atomic E-state index is 6.45. The third kappa shape index (κ3) is 2.20. The SMILES string of the molecule is CC1Cc2ccccc2N1CC(N)c1ccc2c(c1)OCO2. The van der Waals surface area contributed by atoms with Crippen molar-refractivity contribution < 1.29 is 9.47 Å². The third-order valence-corrected chi connectivity index (χ3v) is 4.57. The minimum atomic E-state index is -0.0527. The van der Waals surface area contributed by atoms with Crippen LogP contribution in [0.2, 0.25) is 0 Å². The predicted octanol–water partition coefficient (Wildman–Crippen LogP) is 2.87. The summed E-state index contributed by atoms with van der Waals surface area (Å²) in [6.07, 6.45) is 1.09. The molecule has 2 atom stereocenters. The molecule has 0 fully saturated rings. The molecule has 2 aliphatic rings. The lowest BCUT2D eigenvalue weighted by molar-refractivity contribution is 0.174. The molecule has 2 heterocycles. The van der Waals surface area contributed by atoms with Gasteiger partial charge in [-0.3, -0.25) is 0 Å². The van der Waals surface area contributed by atoms with Gasteiger partial charge in [-0.25, -0.2) is 0 Å². The van der Waals surface area contributed by atoms with E-state index in [-0.39, 0.29) is 6.04 Å². The zero-order chi connectivity index (χ0) is 15.1. The Labute approximate surface area is 130 Å². The zero-order valence-electron chi connectivity index (χ0n) is 12.7. The number of hydrogen-bond donors (Lipinski definition) is 1. The summed E-state index contributed by atoms with van der Waals surface area (Å²) >= 11 is 0. The van der Waals surface area contributed by atoms with Gasteiger partial charge in [-0.2, -0.15) is 0 Å². The molecule has 2 aliphatic heterocycles. The molecule has 2 aromatic carbocycles.